The number of piperidine rings is 1. The average molecular weight is 282 g/mol. The first-order chi connectivity index (χ1) is 9.61. The van der Waals surface area contributed by atoms with Crippen LogP contribution in [0, 0.1) is 11.8 Å². The van der Waals surface area contributed by atoms with Gasteiger partial charge < -0.3 is 4.90 Å². The van der Waals surface area contributed by atoms with E-state index in [9.17, 15) is 4.79 Å². The highest BCUT2D eigenvalue weighted by Crippen LogP contribution is 2.24. The van der Waals surface area contributed by atoms with E-state index in [0.29, 0.717) is 5.92 Å². The van der Waals surface area contributed by atoms with Gasteiger partial charge in [0.05, 0.1) is 6.04 Å². The molecule has 2 fully saturated rings. The van der Waals surface area contributed by atoms with E-state index in [4.69, 9.17) is 5.84 Å². The number of nitrogens with one attached hydrogen (secondary N) is 1. The van der Waals surface area contributed by atoms with Crippen LogP contribution in [0.3, 0.4) is 0 Å². The topological polar surface area (TPSA) is 61.6 Å². The fourth-order valence-electron chi connectivity index (χ4n) is 3.72. The van der Waals surface area contributed by atoms with E-state index in [0.717, 1.165) is 19.0 Å². The van der Waals surface area contributed by atoms with Crippen molar-refractivity contribution in [1.29, 1.82) is 0 Å². The summed E-state index contributed by atoms with van der Waals surface area (Å²) in [5.41, 5.74) is 2.32. The summed E-state index contributed by atoms with van der Waals surface area (Å²) in [6.45, 7) is 10.0. The van der Waals surface area contributed by atoms with Gasteiger partial charge in [-0.2, -0.15) is 0 Å². The third-order valence-electron chi connectivity index (χ3n) is 4.80. The molecule has 20 heavy (non-hydrogen) atoms. The predicted octanol–water partition coefficient (Wildman–Crippen LogP) is 0.809. The quantitative estimate of drug-likeness (QED) is 0.445. The molecule has 2 heterocycles. The Hall–Kier alpha value is -0.650. The largest absolute Gasteiger partial charge is 0.303 e. The predicted molar refractivity (Wildman–Crippen MR) is 80.9 cm³/mol. The summed E-state index contributed by atoms with van der Waals surface area (Å²) in [4.78, 5) is 16.8. The number of hydrazine groups is 1. The second-order valence-corrected chi connectivity index (χ2v) is 6.68. The van der Waals surface area contributed by atoms with Crippen LogP contribution in [0.15, 0.2) is 0 Å². The monoisotopic (exact) mass is 282 g/mol. The third kappa shape index (κ3) is 3.93. The first kappa shape index (κ1) is 15.7. The SMILES string of the molecule is CC(C)C(C(=O)NN)N1CCC(CN2CCCC2)CC1. The van der Waals surface area contributed by atoms with E-state index in [-0.39, 0.29) is 11.9 Å². The summed E-state index contributed by atoms with van der Waals surface area (Å²) >= 11 is 0. The molecule has 3 N–H and O–H groups in total. The van der Waals surface area contributed by atoms with Crippen molar-refractivity contribution in [2.75, 3.05) is 32.7 Å². The molecule has 0 bridgehead atoms. The second kappa shape index (κ2) is 7.38. The lowest BCUT2D eigenvalue weighted by Gasteiger charge is -2.39. The van der Waals surface area contributed by atoms with Crippen LogP contribution in [-0.2, 0) is 4.79 Å². The fourth-order valence-corrected chi connectivity index (χ4v) is 3.72. The standard InChI is InChI=1S/C15H30N4O/c1-12(2)14(15(20)17-16)19-9-5-13(6-10-19)11-18-7-3-4-8-18/h12-14H,3-11,16H2,1-2H3,(H,17,20). The first-order valence-electron chi connectivity index (χ1n) is 8.08. The van der Waals surface area contributed by atoms with Gasteiger partial charge in [-0.25, -0.2) is 5.84 Å². The molecule has 0 aromatic carbocycles. The van der Waals surface area contributed by atoms with Crippen molar-refractivity contribution >= 4 is 5.91 Å². The molecule has 0 radical (unpaired) electrons. The molecule has 0 aliphatic carbocycles. The maximum absolute atomic E-state index is 11.9. The minimum Gasteiger partial charge on any atom is -0.303 e. The van der Waals surface area contributed by atoms with Crippen molar-refractivity contribution in [2.24, 2.45) is 17.7 Å². The van der Waals surface area contributed by atoms with Gasteiger partial charge in [0.15, 0.2) is 0 Å². The van der Waals surface area contributed by atoms with Crippen molar-refractivity contribution in [1.82, 2.24) is 15.2 Å². The smallest absolute Gasteiger partial charge is 0.251 e. The summed E-state index contributed by atoms with van der Waals surface area (Å²) in [5.74, 6) is 6.38. The van der Waals surface area contributed by atoms with E-state index in [1.807, 2.05) is 0 Å². The lowest BCUT2D eigenvalue weighted by molar-refractivity contribution is -0.128. The van der Waals surface area contributed by atoms with Gasteiger partial charge in [-0.05, 0) is 63.7 Å². The van der Waals surface area contributed by atoms with E-state index in [2.05, 4.69) is 29.1 Å². The Morgan fingerprint density at radius 1 is 1.20 bits per heavy atom. The lowest BCUT2D eigenvalue weighted by Crippen LogP contribution is -2.54. The number of carbonyl (C=O) groups excluding carboxylic acids is 1. The zero-order valence-corrected chi connectivity index (χ0v) is 13.0. The van der Waals surface area contributed by atoms with Crippen LogP contribution in [0.2, 0.25) is 0 Å². The minimum absolute atomic E-state index is 0.0435. The van der Waals surface area contributed by atoms with Gasteiger partial charge in [-0.1, -0.05) is 13.8 Å². The first-order valence-corrected chi connectivity index (χ1v) is 8.08. The van der Waals surface area contributed by atoms with E-state index >= 15 is 0 Å². The van der Waals surface area contributed by atoms with Crippen molar-refractivity contribution in [3.8, 4) is 0 Å². The number of nitrogens with zero attached hydrogens (tertiary/aromatic N) is 2. The maximum Gasteiger partial charge on any atom is 0.251 e. The molecule has 5 heteroatoms. The number of rotatable bonds is 5. The molecule has 0 aromatic heterocycles. The third-order valence-corrected chi connectivity index (χ3v) is 4.80. The molecule has 0 saturated carbocycles. The van der Waals surface area contributed by atoms with Crippen LogP contribution < -0.4 is 11.3 Å². The molecule has 2 aliphatic rings. The Bertz CT molecular complexity index is 307. The van der Waals surface area contributed by atoms with Crippen LogP contribution in [0.25, 0.3) is 0 Å². The molecule has 1 atom stereocenters. The minimum atomic E-state index is -0.0762. The lowest BCUT2D eigenvalue weighted by atomic mass is 9.92. The summed E-state index contributed by atoms with van der Waals surface area (Å²) in [6, 6.07) is -0.0762. The highest BCUT2D eigenvalue weighted by Gasteiger charge is 2.32. The van der Waals surface area contributed by atoms with Crippen LogP contribution in [0.5, 0.6) is 0 Å². The summed E-state index contributed by atoms with van der Waals surface area (Å²) < 4.78 is 0. The van der Waals surface area contributed by atoms with Crippen LogP contribution in [-0.4, -0.2) is 54.5 Å². The zero-order chi connectivity index (χ0) is 14.5. The van der Waals surface area contributed by atoms with Gasteiger partial charge in [0.25, 0.3) is 5.91 Å². The molecule has 116 valence electrons. The molecular formula is C15H30N4O. The van der Waals surface area contributed by atoms with Crippen LogP contribution >= 0.6 is 0 Å². The van der Waals surface area contributed by atoms with Gasteiger partial charge in [-0.3, -0.25) is 15.1 Å². The Kier molecular flexibility index (Phi) is 5.81. The van der Waals surface area contributed by atoms with E-state index in [1.54, 1.807) is 0 Å². The maximum atomic E-state index is 11.9. The number of hydrogen-bond donors (Lipinski definition) is 2. The molecule has 2 saturated heterocycles. The van der Waals surface area contributed by atoms with E-state index in [1.165, 1.54) is 45.3 Å². The number of carbonyl (C=O) groups is 1. The second-order valence-electron chi connectivity index (χ2n) is 6.68. The summed E-state index contributed by atoms with van der Waals surface area (Å²) in [6.07, 6.45) is 5.14. The van der Waals surface area contributed by atoms with Gasteiger partial charge in [0, 0.05) is 6.54 Å². The van der Waals surface area contributed by atoms with Crippen LogP contribution in [0.1, 0.15) is 39.5 Å². The van der Waals surface area contributed by atoms with Gasteiger partial charge in [-0.15, -0.1) is 0 Å². The highest BCUT2D eigenvalue weighted by atomic mass is 16.2. The molecule has 1 amide bonds. The Morgan fingerprint density at radius 3 is 2.30 bits per heavy atom. The van der Waals surface area contributed by atoms with E-state index < -0.39 is 0 Å². The normalized spacial score (nSPS) is 24.2. The average Bonchev–Trinajstić information content (AvgIpc) is 2.93. The zero-order valence-electron chi connectivity index (χ0n) is 13.0. The molecule has 0 aromatic rings. The number of nitrogens with two attached hydrogens (primary N) is 1. The van der Waals surface area contributed by atoms with Gasteiger partial charge in [0.2, 0.25) is 0 Å². The molecule has 1 unspecified atom stereocenters. The Labute approximate surface area is 122 Å². The number of amides is 1. The molecule has 2 aliphatic heterocycles. The van der Waals surface area contributed by atoms with Crippen molar-refractivity contribution in [3.05, 3.63) is 0 Å². The van der Waals surface area contributed by atoms with Gasteiger partial charge in [0.1, 0.15) is 0 Å². The summed E-state index contributed by atoms with van der Waals surface area (Å²) in [7, 11) is 0. The molecule has 2 rings (SSSR count). The number of hydrogen-bond acceptors (Lipinski definition) is 4. The Morgan fingerprint density at radius 2 is 1.80 bits per heavy atom. The molecule has 0 spiro atoms. The van der Waals surface area contributed by atoms with Crippen LogP contribution in [0.4, 0.5) is 0 Å². The van der Waals surface area contributed by atoms with Crippen molar-refractivity contribution < 1.29 is 4.79 Å². The van der Waals surface area contributed by atoms with Crippen molar-refractivity contribution in [2.45, 2.75) is 45.6 Å². The molecular weight excluding hydrogens is 252 g/mol. The fraction of sp³-hybridized carbons (Fsp3) is 0.933. The highest BCUT2D eigenvalue weighted by molar-refractivity contribution is 5.81. The Balaban J connectivity index is 1.81. The van der Waals surface area contributed by atoms with Gasteiger partial charge >= 0.3 is 0 Å². The number of likely N-dealkylation sites (tertiary alicyclic amines) is 2. The molecule has 5 nitrogen and oxygen atoms in total. The summed E-state index contributed by atoms with van der Waals surface area (Å²) in [5, 5.41) is 0. The van der Waals surface area contributed by atoms with Crippen molar-refractivity contribution in [3.63, 3.8) is 0 Å².